The summed E-state index contributed by atoms with van der Waals surface area (Å²) >= 11 is 0. The van der Waals surface area contributed by atoms with Crippen LogP contribution in [-0.2, 0) is 34.8 Å². The summed E-state index contributed by atoms with van der Waals surface area (Å²) in [7, 11) is -7.89. The van der Waals surface area contributed by atoms with Gasteiger partial charge in [-0.3, -0.25) is 9.69 Å². The largest absolute Gasteiger partial charge is 0.459 e. The lowest BCUT2D eigenvalue weighted by Crippen LogP contribution is -2.46. The maximum atomic E-state index is 13.7. The highest BCUT2D eigenvalue weighted by molar-refractivity contribution is 7.92. The highest BCUT2D eigenvalue weighted by atomic mass is 32.2. The van der Waals surface area contributed by atoms with E-state index in [0.29, 0.717) is 49.9 Å². The number of nitrogens with one attached hydrogen (secondary N) is 1. The van der Waals surface area contributed by atoms with Gasteiger partial charge in [0, 0.05) is 24.5 Å². The number of fused-ring (bicyclic) bond motifs is 2. The van der Waals surface area contributed by atoms with Crippen molar-refractivity contribution in [2.75, 3.05) is 19.6 Å². The van der Waals surface area contributed by atoms with Crippen LogP contribution in [-0.4, -0.2) is 59.0 Å². The molecule has 0 spiro atoms. The van der Waals surface area contributed by atoms with Gasteiger partial charge in [-0.25, -0.2) is 21.6 Å². The minimum atomic E-state index is -3.99. The third-order valence-corrected chi connectivity index (χ3v) is 11.5. The van der Waals surface area contributed by atoms with Gasteiger partial charge >= 0.3 is 5.97 Å². The molecular formula is C29H40N2O6S2. The van der Waals surface area contributed by atoms with Crippen LogP contribution in [0.3, 0.4) is 0 Å². The molecule has 2 aliphatic heterocycles. The van der Waals surface area contributed by atoms with E-state index in [1.54, 1.807) is 25.1 Å². The molecule has 0 radical (unpaired) electrons. The Balaban J connectivity index is 1.59. The molecule has 2 aromatic carbocycles. The first-order valence-corrected chi connectivity index (χ1v) is 16.6. The molecule has 2 aliphatic rings. The Kier molecular flexibility index (Phi) is 8.08. The van der Waals surface area contributed by atoms with E-state index >= 15 is 0 Å². The molecule has 39 heavy (non-hydrogen) atoms. The fourth-order valence-corrected chi connectivity index (χ4v) is 9.47. The van der Waals surface area contributed by atoms with E-state index in [1.165, 1.54) is 6.07 Å². The number of hydrogen-bond acceptors (Lipinski definition) is 7. The van der Waals surface area contributed by atoms with Crippen molar-refractivity contribution < 1.29 is 26.4 Å². The molecular weight excluding hydrogens is 536 g/mol. The molecule has 0 unspecified atom stereocenters. The maximum Gasteiger partial charge on any atom is 0.320 e. The third-order valence-electron chi connectivity index (χ3n) is 7.95. The number of nitrogens with zero attached hydrogens (tertiary/aromatic N) is 1. The number of benzene rings is 2. The summed E-state index contributed by atoms with van der Waals surface area (Å²) in [6, 6.07) is 9.85. The van der Waals surface area contributed by atoms with Gasteiger partial charge in [-0.1, -0.05) is 38.1 Å². The van der Waals surface area contributed by atoms with E-state index < -0.39 is 30.9 Å². The van der Waals surface area contributed by atoms with Crippen LogP contribution in [0.4, 0.5) is 0 Å². The molecule has 2 heterocycles. The highest BCUT2D eigenvalue weighted by Crippen LogP contribution is 2.50. The Hall–Kier alpha value is -2.27. The summed E-state index contributed by atoms with van der Waals surface area (Å²) in [4.78, 5) is 14.4. The predicted octanol–water partition coefficient (Wildman–Crippen LogP) is 4.33. The van der Waals surface area contributed by atoms with Crippen LogP contribution in [0.25, 0.3) is 0 Å². The molecule has 0 atom stereocenters. The van der Waals surface area contributed by atoms with Crippen molar-refractivity contribution >= 4 is 25.8 Å². The van der Waals surface area contributed by atoms with Gasteiger partial charge in [-0.15, -0.1) is 0 Å². The van der Waals surface area contributed by atoms with Crippen LogP contribution < -0.4 is 4.72 Å². The first-order chi connectivity index (χ1) is 18.1. The van der Waals surface area contributed by atoms with Crippen LogP contribution in [0.2, 0.25) is 0 Å². The van der Waals surface area contributed by atoms with Gasteiger partial charge in [0.25, 0.3) is 0 Å². The van der Waals surface area contributed by atoms with Crippen LogP contribution in [0.1, 0.15) is 77.0 Å². The van der Waals surface area contributed by atoms with Crippen molar-refractivity contribution in [2.24, 2.45) is 0 Å². The number of piperidine rings is 1. The number of ether oxygens (including phenoxy) is 1. The molecule has 10 heteroatoms. The van der Waals surface area contributed by atoms with Gasteiger partial charge in [0.1, 0.15) is 5.60 Å². The number of likely N-dealkylation sites (tertiary alicyclic amines) is 1. The summed E-state index contributed by atoms with van der Waals surface area (Å²) in [6.07, 6.45) is 2.45. The first-order valence-electron chi connectivity index (χ1n) is 13.6. The minimum absolute atomic E-state index is 0.0125. The topological polar surface area (TPSA) is 110 Å². The predicted molar refractivity (Wildman–Crippen MR) is 150 cm³/mol. The highest BCUT2D eigenvalue weighted by Gasteiger charge is 2.45. The normalized spacial score (nSPS) is 19.2. The standard InChI is InChI=1S/C29H40N2O6S2/c1-7-29(8-2)22-11-9-10-12-24(22)38(33,34)26-18-25(20(3)17-23(26)29)39(35,36)30-21-13-15-31(16-14-21)19-27(32)37-28(4,5)6/h9-12,17-18,21,30H,7-8,13-16,19H2,1-6H3. The fourth-order valence-electron chi connectivity index (χ4n) is 5.98. The van der Waals surface area contributed by atoms with Gasteiger partial charge in [-0.2, -0.15) is 0 Å². The van der Waals surface area contributed by atoms with Crippen molar-refractivity contribution in [3.8, 4) is 0 Å². The average molecular weight is 577 g/mol. The molecule has 2 aromatic rings. The van der Waals surface area contributed by atoms with Crippen molar-refractivity contribution in [3.63, 3.8) is 0 Å². The second-order valence-corrected chi connectivity index (χ2v) is 15.2. The molecule has 8 nitrogen and oxygen atoms in total. The Morgan fingerprint density at radius 3 is 2.26 bits per heavy atom. The van der Waals surface area contributed by atoms with E-state index in [4.69, 9.17) is 4.74 Å². The Bertz CT molecular complexity index is 1460. The quantitative estimate of drug-likeness (QED) is 0.489. The van der Waals surface area contributed by atoms with E-state index in [2.05, 4.69) is 4.72 Å². The molecule has 0 saturated carbocycles. The summed E-state index contributed by atoms with van der Waals surface area (Å²) < 4.78 is 62.9. The second kappa shape index (κ2) is 10.6. The monoisotopic (exact) mass is 576 g/mol. The summed E-state index contributed by atoms with van der Waals surface area (Å²) in [5, 5.41) is 0. The first kappa shape index (κ1) is 29.7. The molecule has 0 aromatic heterocycles. The van der Waals surface area contributed by atoms with E-state index in [0.717, 1.165) is 5.56 Å². The second-order valence-electron chi connectivity index (χ2n) is 11.7. The van der Waals surface area contributed by atoms with Crippen molar-refractivity contribution in [1.82, 2.24) is 9.62 Å². The van der Waals surface area contributed by atoms with Crippen molar-refractivity contribution in [1.29, 1.82) is 0 Å². The number of esters is 1. The third kappa shape index (κ3) is 5.66. The zero-order chi connectivity index (χ0) is 28.8. The fraction of sp³-hybridized carbons (Fsp3) is 0.552. The molecule has 1 N–H and O–H groups in total. The lowest BCUT2D eigenvalue weighted by atomic mass is 9.70. The number of carbonyl (C=O) groups is 1. The minimum Gasteiger partial charge on any atom is -0.459 e. The number of sulfone groups is 1. The van der Waals surface area contributed by atoms with Crippen LogP contribution in [0, 0.1) is 6.92 Å². The van der Waals surface area contributed by atoms with E-state index in [1.807, 2.05) is 51.7 Å². The molecule has 1 fully saturated rings. The molecule has 0 aliphatic carbocycles. The number of rotatable bonds is 7. The van der Waals surface area contributed by atoms with Crippen molar-refractivity contribution in [3.05, 3.63) is 53.1 Å². The number of hydrogen-bond donors (Lipinski definition) is 1. The van der Waals surface area contributed by atoms with E-state index in [9.17, 15) is 21.6 Å². The molecule has 0 amide bonds. The molecule has 1 saturated heterocycles. The van der Waals surface area contributed by atoms with Crippen LogP contribution in [0.15, 0.2) is 51.1 Å². The summed E-state index contributed by atoms with van der Waals surface area (Å²) in [5.41, 5.74) is 0.885. The van der Waals surface area contributed by atoms with Gasteiger partial charge in [-0.05, 0) is 82.2 Å². The van der Waals surface area contributed by atoms with Crippen LogP contribution in [0.5, 0.6) is 0 Å². The zero-order valence-corrected chi connectivity index (χ0v) is 25.3. The number of aryl methyl sites for hydroxylation is 1. The lowest BCUT2D eigenvalue weighted by molar-refractivity contribution is -0.156. The Labute approximate surface area is 233 Å². The maximum absolute atomic E-state index is 13.7. The smallest absolute Gasteiger partial charge is 0.320 e. The van der Waals surface area contributed by atoms with Crippen molar-refractivity contribution in [2.45, 2.75) is 99.0 Å². The van der Waals surface area contributed by atoms with E-state index in [-0.39, 0.29) is 33.2 Å². The lowest BCUT2D eigenvalue weighted by Gasteiger charge is -2.40. The van der Waals surface area contributed by atoms with Gasteiger partial charge < -0.3 is 4.74 Å². The average Bonchev–Trinajstić information content (AvgIpc) is 2.84. The number of carbonyl (C=O) groups excluding carboxylic acids is 1. The number of sulfonamides is 1. The van der Waals surface area contributed by atoms with Crippen LogP contribution >= 0.6 is 0 Å². The summed E-state index contributed by atoms with van der Waals surface area (Å²) in [6.45, 7) is 12.5. The molecule has 4 rings (SSSR count). The molecule has 0 bridgehead atoms. The van der Waals surface area contributed by atoms with Gasteiger partial charge in [0.05, 0.1) is 21.2 Å². The zero-order valence-electron chi connectivity index (χ0n) is 23.7. The Morgan fingerprint density at radius 1 is 1.05 bits per heavy atom. The SMILES string of the molecule is CCC1(CC)c2ccccc2S(=O)(=O)c2cc(S(=O)(=O)NC3CCN(CC(=O)OC(C)(C)C)CC3)c(C)cc21. The summed E-state index contributed by atoms with van der Waals surface area (Å²) in [5.74, 6) is -0.302. The van der Waals surface area contributed by atoms with Gasteiger partial charge in [0.15, 0.2) is 0 Å². The Morgan fingerprint density at radius 2 is 1.67 bits per heavy atom. The van der Waals surface area contributed by atoms with Gasteiger partial charge in [0.2, 0.25) is 19.9 Å². The molecule has 214 valence electrons.